The molecule has 6 heteroatoms. The van der Waals surface area contributed by atoms with Gasteiger partial charge in [-0.2, -0.15) is 11.3 Å². The van der Waals surface area contributed by atoms with Crippen molar-refractivity contribution in [1.82, 2.24) is 15.2 Å². The van der Waals surface area contributed by atoms with E-state index in [1.807, 2.05) is 26.4 Å². The van der Waals surface area contributed by atoms with Crippen LogP contribution in [-0.4, -0.2) is 42.2 Å². The largest absolute Gasteiger partial charge is 0.354 e. The molecule has 0 bridgehead atoms. The lowest BCUT2D eigenvalue weighted by molar-refractivity contribution is 0.0936. The highest BCUT2D eigenvalue weighted by atomic mass is 32.1. The van der Waals surface area contributed by atoms with Crippen LogP contribution in [0.3, 0.4) is 0 Å². The maximum Gasteiger partial charge on any atom is 0.268 e. The average molecular weight is 333 g/mol. The minimum absolute atomic E-state index is 0.0280. The summed E-state index contributed by atoms with van der Waals surface area (Å²) in [5.41, 5.74) is 3.71. The lowest BCUT2D eigenvalue weighted by Crippen LogP contribution is -2.34. The number of hydrogen-bond acceptors (Lipinski definition) is 4. The number of likely N-dealkylation sites (N-methyl/N-ethyl adjacent to an activating group) is 1. The number of nitrogens with one attached hydrogen (secondary N) is 2. The summed E-state index contributed by atoms with van der Waals surface area (Å²) in [6.45, 7) is 5.64. The minimum atomic E-state index is -0.180. The van der Waals surface area contributed by atoms with E-state index in [9.17, 15) is 9.59 Å². The van der Waals surface area contributed by atoms with Crippen LogP contribution in [0, 0.1) is 13.8 Å². The fourth-order valence-electron chi connectivity index (χ4n) is 2.85. The molecule has 5 nitrogen and oxygen atoms in total. The molecule has 1 atom stereocenters. The Kier molecular flexibility index (Phi) is 5.38. The quantitative estimate of drug-likeness (QED) is 0.799. The lowest BCUT2D eigenvalue weighted by Gasteiger charge is -2.24. The number of aromatic amines is 1. The van der Waals surface area contributed by atoms with Crippen LogP contribution in [0.1, 0.15) is 50.6 Å². The Morgan fingerprint density at radius 1 is 1.35 bits per heavy atom. The number of aromatic nitrogens is 1. The van der Waals surface area contributed by atoms with Gasteiger partial charge in [0.25, 0.3) is 5.91 Å². The molecule has 2 N–H and O–H groups in total. The molecule has 2 aromatic heterocycles. The van der Waals surface area contributed by atoms with Gasteiger partial charge in [0.2, 0.25) is 0 Å². The van der Waals surface area contributed by atoms with Gasteiger partial charge < -0.3 is 15.2 Å². The van der Waals surface area contributed by atoms with Crippen molar-refractivity contribution in [2.75, 3.05) is 20.6 Å². The van der Waals surface area contributed by atoms with Gasteiger partial charge in [-0.05, 0) is 62.8 Å². The molecule has 0 aliphatic heterocycles. The number of carbonyl (C=O) groups excluding carboxylic acids is 2. The van der Waals surface area contributed by atoms with E-state index in [1.54, 1.807) is 18.3 Å². The van der Waals surface area contributed by atoms with Crippen molar-refractivity contribution < 1.29 is 9.59 Å². The van der Waals surface area contributed by atoms with E-state index in [0.717, 1.165) is 5.69 Å². The Balaban J connectivity index is 2.13. The summed E-state index contributed by atoms with van der Waals surface area (Å²) in [4.78, 5) is 29.3. The van der Waals surface area contributed by atoms with Gasteiger partial charge in [-0.25, -0.2) is 0 Å². The zero-order chi connectivity index (χ0) is 17.1. The summed E-state index contributed by atoms with van der Waals surface area (Å²) >= 11 is 1.64. The second-order valence-electron chi connectivity index (χ2n) is 5.93. The maximum absolute atomic E-state index is 12.5. The van der Waals surface area contributed by atoms with Crippen LogP contribution < -0.4 is 5.32 Å². The van der Waals surface area contributed by atoms with Crippen LogP contribution >= 0.6 is 11.3 Å². The normalized spacial score (nSPS) is 12.4. The third-order valence-electron chi connectivity index (χ3n) is 4.02. The predicted octanol–water partition coefficient (Wildman–Crippen LogP) is 2.93. The number of carbonyl (C=O) groups is 2. The van der Waals surface area contributed by atoms with Crippen LogP contribution in [0.5, 0.6) is 0 Å². The summed E-state index contributed by atoms with van der Waals surface area (Å²) in [5.74, 6) is -0.208. The number of H-pyrrole nitrogens is 1. The number of aryl methyl sites for hydroxylation is 1. The second-order valence-corrected chi connectivity index (χ2v) is 6.71. The number of rotatable bonds is 6. The van der Waals surface area contributed by atoms with Crippen LogP contribution in [0.2, 0.25) is 0 Å². The second kappa shape index (κ2) is 7.10. The molecule has 0 unspecified atom stereocenters. The summed E-state index contributed by atoms with van der Waals surface area (Å²) in [5, 5.41) is 7.10. The van der Waals surface area contributed by atoms with Gasteiger partial charge in [0.15, 0.2) is 5.78 Å². The summed E-state index contributed by atoms with van der Waals surface area (Å²) < 4.78 is 0. The van der Waals surface area contributed by atoms with E-state index in [4.69, 9.17) is 0 Å². The molecule has 0 saturated heterocycles. The molecule has 23 heavy (non-hydrogen) atoms. The Morgan fingerprint density at radius 2 is 2.04 bits per heavy atom. The molecule has 0 spiro atoms. The molecule has 2 rings (SSSR count). The summed E-state index contributed by atoms with van der Waals surface area (Å²) in [6.07, 6.45) is 0. The molecule has 1 amide bonds. The standard InChI is InChI=1S/C17H23N3O2S/c1-10-15(12(3)21)11(2)19-16(10)17(22)18-8-14(20(4)5)13-6-7-23-9-13/h6-7,9,14,19H,8H2,1-5H3,(H,18,22)/t14-/m1/s1. The smallest absolute Gasteiger partial charge is 0.268 e. The van der Waals surface area contributed by atoms with E-state index < -0.39 is 0 Å². The zero-order valence-electron chi connectivity index (χ0n) is 14.2. The molecule has 0 aromatic carbocycles. The summed E-state index contributed by atoms with van der Waals surface area (Å²) in [6, 6.07) is 2.19. The number of nitrogens with zero attached hydrogens (tertiary/aromatic N) is 1. The van der Waals surface area contributed by atoms with Gasteiger partial charge in [0.05, 0.1) is 6.04 Å². The van der Waals surface area contributed by atoms with Crippen molar-refractivity contribution in [3.8, 4) is 0 Å². The van der Waals surface area contributed by atoms with Crippen LogP contribution in [-0.2, 0) is 0 Å². The highest BCUT2D eigenvalue weighted by molar-refractivity contribution is 7.07. The first-order valence-electron chi connectivity index (χ1n) is 7.49. The molecule has 0 aliphatic carbocycles. The zero-order valence-corrected chi connectivity index (χ0v) is 15.0. The first-order chi connectivity index (χ1) is 10.8. The molecule has 0 radical (unpaired) electrons. The van der Waals surface area contributed by atoms with Crippen LogP contribution in [0.4, 0.5) is 0 Å². The number of ketones is 1. The fraction of sp³-hybridized carbons (Fsp3) is 0.412. The Bertz CT molecular complexity index is 702. The minimum Gasteiger partial charge on any atom is -0.354 e. The molecule has 124 valence electrons. The number of hydrogen-bond donors (Lipinski definition) is 2. The Labute approximate surface area is 140 Å². The average Bonchev–Trinajstić information content (AvgIpc) is 3.06. The Hall–Kier alpha value is -1.92. The topological polar surface area (TPSA) is 65.2 Å². The molecule has 2 aromatic rings. The SMILES string of the molecule is CC(=O)c1c(C)[nH]c(C(=O)NC[C@H](c2ccsc2)N(C)C)c1C. The maximum atomic E-state index is 12.5. The van der Waals surface area contributed by atoms with E-state index >= 15 is 0 Å². The first kappa shape index (κ1) is 17.4. The van der Waals surface area contributed by atoms with E-state index in [2.05, 4.69) is 26.6 Å². The first-order valence-corrected chi connectivity index (χ1v) is 8.44. The third-order valence-corrected chi connectivity index (χ3v) is 4.73. The van der Waals surface area contributed by atoms with E-state index in [-0.39, 0.29) is 17.7 Å². The number of Topliss-reactive ketones (excluding diaryl/α,β-unsaturated/α-hetero) is 1. The van der Waals surface area contributed by atoms with Gasteiger partial charge in [-0.15, -0.1) is 0 Å². The number of thiophene rings is 1. The molecular weight excluding hydrogens is 310 g/mol. The van der Waals surface area contributed by atoms with Gasteiger partial charge in [0, 0.05) is 17.8 Å². The van der Waals surface area contributed by atoms with Crippen molar-refractivity contribution in [3.05, 3.63) is 44.9 Å². The highest BCUT2D eigenvalue weighted by Gasteiger charge is 2.21. The Morgan fingerprint density at radius 3 is 2.52 bits per heavy atom. The van der Waals surface area contributed by atoms with Crippen molar-refractivity contribution in [2.24, 2.45) is 0 Å². The van der Waals surface area contributed by atoms with E-state index in [1.165, 1.54) is 12.5 Å². The molecule has 0 saturated carbocycles. The highest BCUT2D eigenvalue weighted by Crippen LogP contribution is 2.21. The van der Waals surface area contributed by atoms with Gasteiger partial charge >= 0.3 is 0 Å². The monoisotopic (exact) mass is 333 g/mol. The predicted molar refractivity (Wildman–Crippen MR) is 93.4 cm³/mol. The molecule has 0 aliphatic rings. The van der Waals surface area contributed by atoms with Crippen molar-refractivity contribution >= 4 is 23.0 Å². The van der Waals surface area contributed by atoms with Gasteiger partial charge in [-0.1, -0.05) is 0 Å². The fourth-order valence-corrected chi connectivity index (χ4v) is 3.55. The molecule has 2 heterocycles. The number of amides is 1. The van der Waals surface area contributed by atoms with Crippen molar-refractivity contribution in [2.45, 2.75) is 26.8 Å². The van der Waals surface area contributed by atoms with E-state index in [0.29, 0.717) is 23.4 Å². The third kappa shape index (κ3) is 3.71. The van der Waals surface area contributed by atoms with Gasteiger partial charge in [0.1, 0.15) is 5.69 Å². The van der Waals surface area contributed by atoms with Crippen molar-refractivity contribution in [3.63, 3.8) is 0 Å². The summed E-state index contributed by atoms with van der Waals surface area (Å²) in [7, 11) is 3.98. The molecular formula is C17H23N3O2S. The van der Waals surface area contributed by atoms with Gasteiger partial charge in [-0.3, -0.25) is 9.59 Å². The van der Waals surface area contributed by atoms with Crippen LogP contribution in [0.25, 0.3) is 0 Å². The lowest BCUT2D eigenvalue weighted by atomic mass is 10.1. The van der Waals surface area contributed by atoms with Crippen molar-refractivity contribution in [1.29, 1.82) is 0 Å². The molecule has 0 fully saturated rings. The van der Waals surface area contributed by atoms with Crippen LogP contribution in [0.15, 0.2) is 16.8 Å².